The molecule has 4 heteroatoms. The Morgan fingerprint density at radius 1 is 1.53 bits per heavy atom. The molecule has 3 nitrogen and oxygen atoms in total. The van der Waals surface area contributed by atoms with Crippen molar-refractivity contribution in [3.63, 3.8) is 0 Å². The Labute approximate surface area is 120 Å². The van der Waals surface area contributed by atoms with Gasteiger partial charge in [-0.1, -0.05) is 30.7 Å². The Kier molecular flexibility index (Phi) is 6.92. The zero-order valence-corrected chi connectivity index (χ0v) is 12.5. The van der Waals surface area contributed by atoms with Crippen LogP contribution in [0.4, 0.5) is 5.69 Å². The Morgan fingerprint density at radius 2 is 2.26 bits per heavy atom. The highest BCUT2D eigenvalue weighted by Gasteiger charge is 2.11. The lowest BCUT2D eigenvalue weighted by Gasteiger charge is -2.24. The number of anilines is 1. The second kappa shape index (κ2) is 8.20. The first kappa shape index (κ1) is 16.0. The summed E-state index contributed by atoms with van der Waals surface area (Å²) in [6.07, 6.45) is 1.81. The van der Waals surface area contributed by atoms with Crippen molar-refractivity contribution < 1.29 is 5.11 Å². The van der Waals surface area contributed by atoms with Gasteiger partial charge in [0, 0.05) is 19.1 Å². The van der Waals surface area contributed by atoms with Gasteiger partial charge < -0.3 is 15.3 Å². The number of aliphatic hydroxyl groups is 1. The number of nitrogens with one attached hydrogen (secondary N) is 1. The predicted molar refractivity (Wildman–Crippen MR) is 83.0 cm³/mol. The molecular formula is C15H23ClN2O. The van der Waals surface area contributed by atoms with Gasteiger partial charge in [0.15, 0.2) is 0 Å². The van der Waals surface area contributed by atoms with Crippen molar-refractivity contribution in [3.8, 4) is 0 Å². The second-order valence-corrected chi connectivity index (χ2v) is 4.86. The molecule has 106 valence electrons. The molecule has 1 aromatic rings. The maximum absolute atomic E-state index is 9.10. The van der Waals surface area contributed by atoms with Gasteiger partial charge in [-0.3, -0.25) is 0 Å². The quantitative estimate of drug-likeness (QED) is 0.720. The van der Waals surface area contributed by atoms with Gasteiger partial charge in [0.2, 0.25) is 0 Å². The SMILES string of the molecule is C=CCN(CCO)c1ccc(C(C)NCC)cc1Cl. The Morgan fingerprint density at radius 3 is 2.79 bits per heavy atom. The molecular weight excluding hydrogens is 260 g/mol. The fraction of sp³-hybridized carbons (Fsp3) is 0.467. The molecule has 1 unspecified atom stereocenters. The number of halogens is 1. The van der Waals surface area contributed by atoms with Crippen molar-refractivity contribution in [3.05, 3.63) is 41.4 Å². The summed E-state index contributed by atoms with van der Waals surface area (Å²) in [5.41, 5.74) is 2.10. The Balaban J connectivity index is 2.94. The third-order valence-electron chi connectivity index (χ3n) is 3.04. The van der Waals surface area contributed by atoms with Crippen LogP contribution < -0.4 is 10.2 Å². The minimum Gasteiger partial charge on any atom is -0.395 e. The van der Waals surface area contributed by atoms with Gasteiger partial charge in [-0.25, -0.2) is 0 Å². The van der Waals surface area contributed by atoms with Crippen molar-refractivity contribution in [2.24, 2.45) is 0 Å². The van der Waals surface area contributed by atoms with Gasteiger partial charge in [-0.05, 0) is 31.2 Å². The molecule has 0 aliphatic heterocycles. The van der Waals surface area contributed by atoms with Crippen LogP contribution >= 0.6 is 11.6 Å². The average molecular weight is 283 g/mol. The van der Waals surface area contributed by atoms with E-state index in [1.165, 1.54) is 0 Å². The highest BCUT2D eigenvalue weighted by atomic mass is 35.5. The van der Waals surface area contributed by atoms with Gasteiger partial charge in [0.1, 0.15) is 0 Å². The normalized spacial score (nSPS) is 12.2. The van der Waals surface area contributed by atoms with E-state index in [0.29, 0.717) is 18.1 Å². The monoisotopic (exact) mass is 282 g/mol. The molecule has 0 fully saturated rings. The van der Waals surface area contributed by atoms with Crippen LogP contribution in [0.25, 0.3) is 0 Å². The van der Waals surface area contributed by atoms with Crippen LogP contribution in [0.2, 0.25) is 5.02 Å². The summed E-state index contributed by atoms with van der Waals surface area (Å²) >= 11 is 6.35. The molecule has 0 bridgehead atoms. The summed E-state index contributed by atoms with van der Waals surface area (Å²) in [6.45, 7) is 10.2. The van der Waals surface area contributed by atoms with Crippen molar-refractivity contribution >= 4 is 17.3 Å². The van der Waals surface area contributed by atoms with Gasteiger partial charge in [-0.2, -0.15) is 0 Å². The minimum absolute atomic E-state index is 0.0969. The van der Waals surface area contributed by atoms with E-state index in [-0.39, 0.29) is 12.6 Å². The highest BCUT2D eigenvalue weighted by molar-refractivity contribution is 6.33. The lowest BCUT2D eigenvalue weighted by atomic mass is 10.1. The molecule has 0 radical (unpaired) electrons. The van der Waals surface area contributed by atoms with Gasteiger partial charge in [-0.15, -0.1) is 6.58 Å². The zero-order chi connectivity index (χ0) is 14.3. The first-order valence-electron chi connectivity index (χ1n) is 6.63. The Bertz CT molecular complexity index is 409. The molecule has 0 saturated carbocycles. The summed E-state index contributed by atoms with van der Waals surface area (Å²) in [6, 6.07) is 6.34. The van der Waals surface area contributed by atoms with E-state index in [1.54, 1.807) is 6.08 Å². The molecule has 0 amide bonds. The van der Waals surface area contributed by atoms with Crippen LogP contribution in [0.15, 0.2) is 30.9 Å². The number of benzene rings is 1. The molecule has 0 heterocycles. The number of aliphatic hydroxyl groups excluding tert-OH is 1. The average Bonchev–Trinajstić information content (AvgIpc) is 2.39. The Hall–Kier alpha value is -1.03. The number of hydrogen-bond acceptors (Lipinski definition) is 3. The number of nitrogens with zero attached hydrogens (tertiary/aromatic N) is 1. The smallest absolute Gasteiger partial charge is 0.0643 e. The molecule has 1 atom stereocenters. The summed E-state index contributed by atoms with van der Waals surface area (Å²) < 4.78 is 0. The molecule has 0 aromatic heterocycles. The summed E-state index contributed by atoms with van der Waals surface area (Å²) in [5, 5.41) is 13.2. The van der Waals surface area contributed by atoms with E-state index in [4.69, 9.17) is 16.7 Å². The fourth-order valence-corrected chi connectivity index (χ4v) is 2.37. The van der Waals surface area contributed by atoms with Crippen molar-refractivity contribution in [2.75, 3.05) is 31.1 Å². The van der Waals surface area contributed by atoms with Crippen LogP contribution in [0.1, 0.15) is 25.5 Å². The topological polar surface area (TPSA) is 35.5 Å². The third kappa shape index (κ3) is 4.53. The van der Waals surface area contributed by atoms with Crippen molar-refractivity contribution in [1.82, 2.24) is 5.32 Å². The lowest BCUT2D eigenvalue weighted by Crippen LogP contribution is -2.27. The van der Waals surface area contributed by atoms with Crippen LogP contribution in [0, 0.1) is 0 Å². The maximum atomic E-state index is 9.10. The third-order valence-corrected chi connectivity index (χ3v) is 3.34. The first-order valence-corrected chi connectivity index (χ1v) is 7.01. The number of hydrogen-bond donors (Lipinski definition) is 2. The van der Waals surface area contributed by atoms with Crippen molar-refractivity contribution in [2.45, 2.75) is 19.9 Å². The lowest BCUT2D eigenvalue weighted by molar-refractivity contribution is 0.303. The first-order chi connectivity index (χ1) is 9.13. The molecule has 19 heavy (non-hydrogen) atoms. The van der Waals surface area contributed by atoms with Gasteiger partial charge >= 0.3 is 0 Å². The summed E-state index contributed by atoms with van der Waals surface area (Å²) in [7, 11) is 0. The van der Waals surface area contributed by atoms with E-state index in [9.17, 15) is 0 Å². The van der Waals surface area contributed by atoms with E-state index in [0.717, 1.165) is 17.8 Å². The fourth-order valence-electron chi connectivity index (χ4n) is 2.06. The van der Waals surface area contributed by atoms with Crippen LogP contribution in [0.3, 0.4) is 0 Å². The standard InChI is InChI=1S/C15H23ClN2O/c1-4-8-18(9-10-19)15-7-6-13(11-14(15)16)12(3)17-5-2/h4,6-7,11-12,17,19H,1,5,8-10H2,2-3H3. The minimum atomic E-state index is 0.0969. The van der Waals surface area contributed by atoms with Gasteiger partial charge in [0.05, 0.1) is 17.3 Å². The predicted octanol–water partition coefficient (Wildman–Crippen LogP) is 3.00. The van der Waals surface area contributed by atoms with Crippen LogP contribution in [-0.4, -0.2) is 31.3 Å². The maximum Gasteiger partial charge on any atom is 0.0643 e. The molecule has 0 aliphatic carbocycles. The molecule has 1 aromatic carbocycles. The van der Waals surface area contributed by atoms with Crippen LogP contribution in [-0.2, 0) is 0 Å². The molecule has 0 saturated heterocycles. The van der Waals surface area contributed by atoms with Crippen molar-refractivity contribution in [1.29, 1.82) is 0 Å². The van der Waals surface area contributed by atoms with E-state index in [1.807, 2.05) is 17.0 Å². The zero-order valence-electron chi connectivity index (χ0n) is 11.7. The number of rotatable bonds is 8. The highest BCUT2D eigenvalue weighted by Crippen LogP contribution is 2.29. The second-order valence-electron chi connectivity index (χ2n) is 4.45. The van der Waals surface area contributed by atoms with E-state index >= 15 is 0 Å². The summed E-state index contributed by atoms with van der Waals surface area (Å²) in [4.78, 5) is 2.01. The van der Waals surface area contributed by atoms with E-state index in [2.05, 4.69) is 31.8 Å². The molecule has 0 aliphatic rings. The largest absolute Gasteiger partial charge is 0.395 e. The molecule has 2 N–H and O–H groups in total. The van der Waals surface area contributed by atoms with E-state index < -0.39 is 0 Å². The van der Waals surface area contributed by atoms with Gasteiger partial charge in [0.25, 0.3) is 0 Å². The van der Waals surface area contributed by atoms with Crippen LogP contribution in [0.5, 0.6) is 0 Å². The summed E-state index contributed by atoms with van der Waals surface area (Å²) in [5.74, 6) is 0. The molecule has 1 rings (SSSR count). The molecule has 0 spiro atoms.